The maximum Gasteiger partial charge on any atom is 0.256 e. The van der Waals surface area contributed by atoms with Crippen LogP contribution < -0.4 is 5.32 Å². The van der Waals surface area contributed by atoms with Gasteiger partial charge in [0, 0.05) is 17.0 Å². The molecule has 4 nitrogen and oxygen atoms in total. The number of carbonyl (C=O) groups is 1. The van der Waals surface area contributed by atoms with Crippen molar-refractivity contribution >= 4 is 22.4 Å². The molecule has 1 aliphatic rings. The molecule has 1 amide bonds. The van der Waals surface area contributed by atoms with Gasteiger partial charge >= 0.3 is 0 Å². The molecule has 2 aromatic rings. The van der Waals surface area contributed by atoms with Crippen LogP contribution in [0.5, 0.6) is 0 Å². The van der Waals surface area contributed by atoms with Crippen molar-refractivity contribution in [1.82, 2.24) is 4.98 Å². The van der Waals surface area contributed by atoms with E-state index in [2.05, 4.69) is 10.3 Å². The highest BCUT2D eigenvalue weighted by Gasteiger charge is 2.38. The van der Waals surface area contributed by atoms with E-state index in [4.69, 9.17) is 0 Å². The van der Waals surface area contributed by atoms with Crippen molar-refractivity contribution < 1.29 is 9.90 Å². The lowest BCUT2D eigenvalue weighted by molar-refractivity contribution is -0.133. The standard InChI is InChI=1S/C15H16N2O2/c18-14(15(19)7-3-4-8-15)17-13-10-16-9-11-5-1-2-6-12(11)13/h1-2,5-6,9-10,19H,3-4,7-8H2,(H,17,18). The zero-order chi connectivity index (χ0) is 13.3. The lowest BCUT2D eigenvalue weighted by atomic mass is 10.0. The smallest absolute Gasteiger partial charge is 0.256 e. The average Bonchev–Trinajstić information content (AvgIpc) is 2.87. The fraction of sp³-hybridized carbons (Fsp3) is 0.333. The molecule has 0 aliphatic heterocycles. The van der Waals surface area contributed by atoms with E-state index < -0.39 is 5.60 Å². The van der Waals surface area contributed by atoms with Gasteiger partial charge < -0.3 is 10.4 Å². The van der Waals surface area contributed by atoms with E-state index in [-0.39, 0.29) is 5.91 Å². The summed E-state index contributed by atoms with van der Waals surface area (Å²) in [5.41, 5.74) is -0.555. The van der Waals surface area contributed by atoms with Crippen LogP contribution in [0.15, 0.2) is 36.7 Å². The zero-order valence-corrected chi connectivity index (χ0v) is 10.6. The minimum Gasteiger partial charge on any atom is -0.380 e. The molecule has 1 aliphatic carbocycles. The number of nitrogens with zero attached hydrogens (tertiary/aromatic N) is 1. The second-order valence-electron chi connectivity index (χ2n) is 5.10. The minimum atomic E-state index is -1.21. The molecule has 1 heterocycles. The highest BCUT2D eigenvalue weighted by Crippen LogP contribution is 2.31. The third-order valence-electron chi connectivity index (χ3n) is 3.77. The van der Waals surface area contributed by atoms with Crippen LogP contribution in [0.2, 0.25) is 0 Å². The van der Waals surface area contributed by atoms with E-state index in [1.807, 2.05) is 24.3 Å². The van der Waals surface area contributed by atoms with E-state index >= 15 is 0 Å². The van der Waals surface area contributed by atoms with Gasteiger partial charge in [0.15, 0.2) is 0 Å². The largest absolute Gasteiger partial charge is 0.380 e. The van der Waals surface area contributed by atoms with E-state index in [1.165, 1.54) is 0 Å². The molecule has 1 aromatic carbocycles. The van der Waals surface area contributed by atoms with Crippen molar-refractivity contribution in [2.75, 3.05) is 5.32 Å². The van der Waals surface area contributed by atoms with E-state index in [0.717, 1.165) is 23.6 Å². The van der Waals surface area contributed by atoms with Crippen LogP contribution >= 0.6 is 0 Å². The van der Waals surface area contributed by atoms with Gasteiger partial charge in [0.25, 0.3) is 5.91 Å². The summed E-state index contributed by atoms with van der Waals surface area (Å²) in [6, 6.07) is 7.73. The average molecular weight is 256 g/mol. The summed E-state index contributed by atoms with van der Waals surface area (Å²) in [6.45, 7) is 0. The van der Waals surface area contributed by atoms with Crippen LogP contribution in [0.3, 0.4) is 0 Å². The molecule has 0 saturated heterocycles. The molecule has 0 bridgehead atoms. The second-order valence-corrected chi connectivity index (χ2v) is 5.10. The molecular weight excluding hydrogens is 240 g/mol. The second kappa shape index (κ2) is 4.63. The number of nitrogens with one attached hydrogen (secondary N) is 1. The Bertz CT molecular complexity index is 613. The number of hydrogen-bond acceptors (Lipinski definition) is 3. The third kappa shape index (κ3) is 2.19. The summed E-state index contributed by atoms with van der Waals surface area (Å²) in [6.07, 6.45) is 6.26. The van der Waals surface area contributed by atoms with Crippen LogP contribution in [0, 0.1) is 0 Å². The van der Waals surface area contributed by atoms with Crippen molar-refractivity contribution in [3.8, 4) is 0 Å². The van der Waals surface area contributed by atoms with Crippen molar-refractivity contribution in [1.29, 1.82) is 0 Å². The Morgan fingerprint density at radius 3 is 2.74 bits per heavy atom. The lowest BCUT2D eigenvalue weighted by Gasteiger charge is -2.21. The first kappa shape index (κ1) is 12.1. The highest BCUT2D eigenvalue weighted by molar-refractivity contribution is 6.04. The normalized spacial score (nSPS) is 17.5. The van der Waals surface area contributed by atoms with Gasteiger partial charge in [-0.15, -0.1) is 0 Å². The summed E-state index contributed by atoms with van der Waals surface area (Å²) >= 11 is 0. The highest BCUT2D eigenvalue weighted by atomic mass is 16.3. The molecule has 1 fully saturated rings. The molecule has 1 aromatic heterocycles. The Hall–Kier alpha value is -1.94. The predicted octanol–water partition coefficient (Wildman–Crippen LogP) is 2.48. The Morgan fingerprint density at radius 1 is 1.21 bits per heavy atom. The van der Waals surface area contributed by atoms with E-state index in [1.54, 1.807) is 12.4 Å². The number of anilines is 1. The SMILES string of the molecule is O=C(Nc1cncc2ccccc12)C1(O)CCCC1. The molecule has 1 saturated carbocycles. The van der Waals surface area contributed by atoms with Crippen LogP contribution in [0.1, 0.15) is 25.7 Å². The number of fused-ring (bicyclic) bond motifs is 1. The first-order valence-electron chi connectivity index (χ1n) is 6.56. The Morgan fingerprint density at radius 2 is 1.95 bits per heavy atom. The molecule has 0 radical (unpaired) electrons. The van der Waals surface area contributed by atoms with Crippen LogP contribution in [-0.4, -0.2) is 21.6 Å². The molecule has 3 rings (SSSR count). The summed E-state index contributed by atoms with van der Waals surface area (Å²) in [7, 11) is 0. The zero-order valence-electron chi connectivity index (χ0n) is 10.6. The summed E-state index contributed by atoms with van der Waals surface area (Å²) in [5.74, 6) is -0.317. The molecule has 0 unspecified atom stereocenters. The number of carbonyl (C=O) groups excluding carboxylic acids is 1. The van der Waals surface area contributed by atoms with Gasteiger partial charge in [-0.2, -0.15) is 0 Å². The number of pyridine rings is 1. The van der Waals surface area contributed by atoms with Gasteiger partial charge in [-0.3, -0.25) is 9.78 Å². The fourth-order valence-corrected chi connectivity index (χ4v) is 2.64. The quantitative estimate of drug-likeness (QED) is 0.867. The predicted molar refractivity (Wildman–Crippen MR) is 73.8 cm³/mol. The Kier molecular flexibility index (Phi) is 2.95. The summed E-state index contributed by atoms with van der Waals surface area (Å²) < 4.78 is 0. The molecule has 0 atom stereocenters. The van der Waals surface area contributed by atoms with Crippen molar-refractivity contribution in [2.45, 2.75) is 31.3 Å². The third-order valence-corrected chi connectivity index (χ3v) is 3.77. The van der Waals surface area contributed by atoms with Gasteiger partial charge in [-0.25, -0.2) is 0 Å². The van der Waals surface area contributed by atoms with E-state index in [0.29, 0.717) is 18.5 Å². The summed E-state index contributed by atoms with van der Waals surface area (Å²) in [5, 5.41) is 15.0. The number of benzene rings is 1. The Balaban J connectivity index is 1.91. The van der Waals surface area contributed by atoms with Crippen molar-refractivity contribution in [3.63, 3.8) is 0 Å². The minimum absolute atomic E-state index is 0.317. The van der Waals surface area contributed by atoms with Gasteiger partial charge in [-0.1, -0.05) is 24.3 Å². The van der Waals surface area contributed by atoms with Gasteiger partial charge in [0.05, 0.1) is 11.9 Å². The maximum atomic E-state index is 12.2. The van der Waals surface area contributed by atoms with Crippen molar-refractivity contribution in [3.05, 3.63) is 36.7 Å². The molecule has 98 valence electrons. The number of amides is 1. The van der Waals surface area contributed by atoms with E-state index in [9.17, 15) is 9.90 Å². The molecule has 19 heavy (non-hydrogen) atoms. The molecular formula is C15H16N2O2. The van der Waals surface area contributed by atoms with Gasteiger partial charge in [0.1, 0.15) is 5.60 Å². The molecule has 0 spiro atoms. The lowest BCUT2D eigenvalue weighted by Crippen LogP contribution is -2.40. The number of hydrogen-bond donors (Lipinski definition) is 2. The molecule has 4 heteroatoms. The topological polar surface area (TPSA) is 62.2 Å². The fourth-order valence-electron chi connectivity index (χ4n) is 2.64. The first-order valence-corrected chi connectivity index (χ1v) is 6.56. The van der Waals surface area contributed by atoms with Gasteiger partial charge in [0.2, 0.25) is 0 Å². The number of aliphatic hydroxyl groups is 1. The Labute approximate surface area is 111 Å². The monoisotopic (exact) mass is 256 g/mol. The number of rotatable bonds is 2. The number of aromatic nitrogens is 1. The molecule has 2 N–H and O–H groups in total. The van der Waals surface area contributed by atoms with Crippen molar-refractivity contribution in [2.24, 2.45) is 0 Å². The van der Waals surface area contributed by atoms with Crippen LogP contribution in [0.4, 0.5) is 5.69 Å². The first-order chi connectivity index (χ1) is 9.19. The van der Waals surface area contributed by atoms with Crippen LogP contribution in [-0.2, 0) is 4.79 Å². The maximum absolute atomic E-state index is 12.2. The summed E-state index contributed by atoms with van der Waals surface area (Å²) in [4.78, 5) is 16.3. The van der Waals surface area contributed by atoms with Gasteiger partial charge in [-0.05, 0) is 25.7 Å². The van der Waals surface area contributed by atoms with Crippen LogP contribution in [0.25, 0.3) is 10.8 Å².